The van der Waals surface area contributed by atoms with Gasteiger partial charge in [0.2, 0.25) is 0 Å². The van der Waals surface area contributed by atoms with Crippen LogP contribution in [0.25, 0.3) is 0 Å². The Morgan fingerprint density at radius 3 is 2.56 bits per heavy atom. The molecule has 0 saturated heterocycles. The van der Waals surface area contributed by atoms with Crippen molar-refractivity contribution in [2.75, 3.05) is 18.5 Å². The van der Waals surface area contributed by atoms with Crippen LogP contribution in [-0.2, 0) is 0 Å². The maximum absolute atomic E-state index is 5.83. The second-order valence-electron chi connectivity index (χ2n) is 6.04. The number of thiocarbonyl (C=S) groups is 1. The Kier molecular flexibility index (Phi) is 8.58. The number of aryl methyl sites for hydroxylation is 1. The highest BCUT2D eigenvalue weighted by Gasteiger charge is 2.05. The first-order valence-corrected chi connectivity index (χ1v) is 9.60. The Labute approximate surface area is 166 Å². The van der Waals surface area contributed by atoms with E-state index in [9.17, 15) is 0 Å². The number of hydrogen-bond donors (Lipinski definition) is 2. The molecule has 0 unspecified atom stereocenters. The lowest BCUT2D eigenvalue weighted by atomic mass is 10.2. The molecule has 27 heavy (non-hydrogen) atoms. The summed E-state index contributed by atoms with van der Waals surface area (Å²) in [7, 11) is 0. The van der Waals surface area contributed by atoms with Gasteiger partial charge in [0.25, 0.3) is 0 Å². The number of ether oxygens (including phenoxy) is 2. The van der Waals surface area contributed by atoms with Gasteiger partial charge in [0, 0.05) is 17.3 Å². The molecule has 2 rings (SSSR count). The fourth-order valence-corrected chi connectivity index (χ4v) is 2.45. The molecule has 0 bridgehead atoms. The van der Waals surface area contributed by atoms with Crippen LogP contribution < -0.4 is 20.2 Å². The summed E-state index contributed by atoms with van der Waals surface area (Å²) >= 11 is 5.30. The minimum atomic E-state index is 0.430. The van der Waals surface area contributed by atoms with Crippen LogP contribution in [-0.4, -0.2) is 24.5 Å². The second kappa shape index (κ2) is 11.2. The predicted molar refractivity (Wildman–Crippen MR) is 116 cm³/mol. The highest BCUT2D eigenvalue weighted by atomic mass is 32.1. The summed E-state index contributed by atoms with van der Waals surface area (Å²) in [6.45, 7) is 7.49. The topological polar surface area (TPSA) is 54.9 Å². The van der Waals surface area contributed by atoms with Crippen molar-refractivity contribution in [3.63, 3.8) is 0 Å². The van der Waals surface area contributed by atoms with Gasteiger partial charge in [-0.25, -0.2) is 0 Å². The van der Waals surface area contributed by atoms with Crippen LogP contribution in [0.1, 0.15) is 37.8 Å². The standard InChI is InChI=1S/C21H27N3O2S/c1-4-12-25-18-11-10-17(20(14-18)26-13-5-2)15-22-24-21(27)23-19-9-7-6-8-16(19)3/h6-11,14-15H,4-5,12-13H2,1-3H3,(H2,23,24,27)/b22-15+. The van der Waals surface area contributed by atoms with Crippen LogP contribution in [0.4, 0.5) is 5.69 Å². The zero-order valence-corrected chi connectivity index (χ0v) is 16.9. The highest BCUT2D eigenvalue weighted by molar-refractivity contribution is 7.80. The van der Waals surface area contributed by atoms with Crippen molar-refractivity contribution in [1.82, 2.24) is 5.43 Å². The first kappa shape index (κ1) is 20.7. The number of hydrogen-bond acceptors (Lipinski definition) is 4. The van der Waals surface area contributed by atoms with Crippen LogP contribution >= 0.6 is 12.2 Å². The molecule has 0 spiro atoms. The Hall–Kier alpha value is -2.60. The molecule has 0 radical (unpaired) electrons. The number of hydrazone groups is 1. The average molecular weight is 386 g/mol. The number of benzene rings is 2. The van der Waals surface area contributed by atoms with Crippen molar-refractivity contribution in [3.8, 4) is 11.5 Å². The Balaban J connectivity index is 2.01. The third-order valence-electron chi connectivity index (χ3n) is 3.68. The molecule has 0 amide bonds. The van der Waals surface area contributed by atoms with E-state index in [1.807, 2.05) is 49.4 Å². The van der Waals surface area contributed by atoms with Crippen molar-refractivity contribution in [1.29, 1.82) is 0 Å². The van der Waals surface area contributed by atoms with Gasteiger partial charge in [0.05, 0.1) is 19.4 Å². The van der Waals surface area contributed by atoms with Crippen LogP contribution in [0.15, 0.2) is 47.6 Å². The molecule has 0 aliphatic heterocycles. The Morgan fingerprint density at radius 1 is 1.07 bits per heavy atom. The third-order valence-corrected chi connectivity index (χ3v) is 3.88. The Morgan fingerprint density at radius 2 is 1.81 bits per heavy atom. The van der Waals surface area contributed by atoms with Crippen molar-refractivity contribution >= 4 is 29.2 Å². The summed E-state index contributed by atoms with van der Waals surface area (Å²) in [5.74, 6) is 1.54. The van der Waals surface area contributed by atoms with Crippen LogP contribution in [0.5, 0.6) is 11.5 Å². The maximum Gasteiger partial charge on any atom is 0.191 e. The van der Waals surface area contributed by atoms with Gasteiger partial charge < -0.3 is 14.8 Å². The van der Waals surface area contributed by atoms with E-state index in [1.165, 1.54) is 0 Å². The smallest absolute Gasteiger partial charge is 0.191 e. The van der Waals surface area contributed by atoms with Crippen LogP contribution in [0.3, 0.4) is 0 Å². The van der Waals surface area contributed by atoms with E-state index in [0.29, 0.717) is 18.3 Å². The van der Waals surface area contributed by atoms with Gasteiger partial charge in [-0.2, -0.15) is 5.10 Å². The number of nitrogens with one attached hydrogen (secondary N) is 2. The molecule has 0 aromatic heterocycles. The fraction of sp³-hybridized carbons (Fsp3) is 0.333. The zero-order valence-electron chi connectivity index (χ0n) is 16.1. The lowest BCUT2D eigenvalue weighted by molar-refractivity contribution is 0.301. The van der Waals surface area contributed by atoms with Crippen molar-refractivity contribution in [3.05, 3.63) is 53.6 Å². The lowest BCUT2D eigenvalue weighted by Crippen LogP contribution is -2.24. The van der Waals surface area contributed by atoms with E-state index in [1.54, 1.807) is 6.21 Å². The molecule has 6 heteroatoms. The lowest BCUT2D eigenvalue weighted by Gasteiger charge is -2.12. The number of anilines is 1. The van der Waals surface area contributed by atoms with Gasteiger partial charge in [-0.3, -0.25) is 5.43 Å². The molecule has 2 aromatic carbocycles. The Bertz CT molecular complexity index is 778. The molecule has 5 nitrogen and oxygen atoms in total. The minimum Gasteiger partial charge on any atom is -0.493 e. The van der Waals surface area contributed by atoms with E-state index in [0.717, 1.165) is 41.2 Å². The molecule has 0 saturated carbocycles. The molecule has 0 aliphatic rings. The fourth-order valence-electron chi connectivity index (χ4n) is 2.29. The first-order chi connectivity index (χ1) is 13.1. The van der Waals surface area contributed by atoms with Gasteiger partial charge in [-0.05, 0) is 55.7 Å². The van der Waals surface area contributed by atoms with E-state index < -0.39 is 0 Å². The molecule has 2 N–H and O–H groups in total. The second-order valence-corrected chi connectivity index (χ2v) is 6.44. The molecule has 0 atom stereocenters. The predicted octanol–water partition coefficient (Wildman–Crippen LogP) is 4.89. The van der Waals surface area contributed by atoms with Crippen molar-refractivity contribution < 1.29 is 9.47 Å². The maximum atomic E-state index is 5.83. The van der Waals surface area contributed by atoms with Gasteiger partial charge >= 0.3 is 0 Å². The SMILES string of the molecule is CCCOc1ccc(/C=N/NC(=S)Nc2ccccc2C)c(OCCC)c1. The summed E-state index contributed by atoms with van der Waals surface area (Å²) in [5, 5.41) is 7.79. The quantitative estimate of drug-likeness (QED) is 0.365. The normalized spacial score (nSPS) is 10.6. The summed E-state index contributed by atoms with van der Waals surface area (Å²) in [6, 6.07) is 13.7. The highest BCUT2D eigenvalue weighted by Crippen LogP contribution is 2.24. The van der Waals surface area contributed by atoms with Gasteiger partial charge in [-0.15, -0.1) is 0 Å². The molecule has 144 valence electrons. The van der Waals surface area contributed by atoms with Gasteiger partial charge in [-0.1, -0.05) is 32.0 Å². The molecule has 0 fully saturated rings. The van der Waals surface area contributed by atoms with Gasteiger partial charge in [0.15, 0.2) is 5.11 Å². The number of nitrogens with zero attached hydrogens (tertiary/aromatic N) is 1. The molecule has 0 heterocycles. The molecular weight excluding hydrogens is 358 g/mol. The summed E-state index contributed by atoms with van der Waals surface area (Å²) < 4.78 is 11.5. The van der Waals surface area contributed by atoms with Gasteiger partial charge in [0.1, 0.15) is 11.5 Å². The van der Waals surface area contributed by atoms with Crippen LogP contribution in [0.2, 0.25) is 0 Å². The molecule has 2 aromatic rings. The van der Waals surface area contributed by atoms with E-state index in [-0.39, 0.29) is 0 Å². The van der Waals surface area contributed by atoms with E-state index in [4.69, 9.17) is 21.7 Å². The van der Waals surface area contributed by atoms with E-state index in [2.05, 4.69) is 29.7 Å². The third kappa shape index (κ3) is 6.90. The number of para-hydroxylation sites is 1. The van der Waals surface area contributed by atoms with E-state index >= 15 is 0 Å². The molecule has 0 aliphatic carbocycles. The number of rotatable bonds is 9. The first-order valence-electron chi connectivity index (χ1n) is 9.19. The van der Waals surface area contributed by atoms with Crippen molar-refractivity contribution in [2.45, 2.75) is 33.6 Å². The zero-order chi connectivity index (χ0) is 19.5. The minimum absolute atomic E-state index is 0.430. The largest absolute Gasteiger partial charge is 0.493 e. The van der Waals surface area contributed by atoms with Crippen molar-refractivity contribution in [2.24, 2.45) is 5.10 Å². The summed E-state index contributed by atoms with van der Waals surface area (Å²) in [5.41, 5.74) is 5.77. The average Bonchev–Trinajstić information content (AvgIpc) is 2.67. The summed E-state index contributed by atoms with van der Waals surface area (Å²) in [6.07, 6.45) is 3.59. The monoisotopic (exact) mass is 385 g/mol. The molecular formula is C21H27N3O2S. The van der Waals surface area contributed by atoms with Crippen LogP contribution in [0, 0.1) is 6.92 Å². The summed E-state index contributed by atoms with van der Waals surface area (Å²) in [4.78, 5) is 0.